The molecule has 1 fully saturated rings. The third kappa shape index (κ3) is 3.21. The number of rotatable bonds is 3. The van der Waals surface area contributed by atoms with Crippen LogP contribution in [0.5, 0.6) is 0 Å². The summed E-state index contributed by atoms with van der Waals surface area (Å²) in [5.74, 6) is 1.50. The van der Waals surface area contributed by atoms with E-state index in [-0.39, 0.29) is 11.9 Å². The molecule has 0 bridgehead atoms. The Morgan fingerprint density at radius 1 is 1.62 bits per heavy atom. The van der Waals surface area contributed by atoms with Gasteiger partial charge < -0.3 is 9.42 Å². The molecule has 1 atom stereocenters. The van der Waals surface area contributed by atoms with Crippen molar-refractivity contribution in [3.05, 3.63) is 23.3 Å². The number of carbonyl (C=O) groups excluding carboxylic acids is 1. The Labute approximate surface area is 126 Å². The standard InChI is InChI=1S/C13H17N5O2S/c1-2-10-15-11(17-20-10)9-4-3-6-18(8-9)13(19)16-12-14-5-7-21-12/h5,7,9H,2-4,6,8H2,1H3,(H,14,16,19). The second-order valence-corrected chi connectivity index (χ2v) is 5.85. The molecule has 1 saturated heterocycles. The number of likely N-dealkylation sites (tertiary alicyclic amines) is 1. The number of nitrogens with zero attached hydrogens (tertiary/aromatic N) is 4. The van der Waals surface area contributed by atoms with Gasteiger partial charge in [0.25, 0.3) is 0 Å². The summed E-state index contributed by atoms with van der Waals surface area (Å²) in [6.45, 7) is 3.33. The summed E-state index contributed by atoms with van der Waals surface area (Å²) in [6, 6.07) is -0.117. The molecule has 3 rings (SSSR count). The van der Waals surface area contributed by atoms with E-state index in [1.54, 1.807) is 11.1 Å². The molecule has 21 heavy (non-hydrogen) atoms. The first-order valence-corrected chi connectivity index (χ1v) is 7.92. The van der Waals surface area contributed by atoms with Gasteiger partial charge in [0.05, 0.1) is 0 Å². The van der Waals surface area contributed by atoms with Crippen LogP contribution >= 0.6 is 11.3 Å². The van der Waals surface area contributed by atoms with Crippen LogP contribution in [0.3, 0.4) is 0 Å². The average molecular weight is 307 g/mol. The monoisotopic (exact) mass is 307 g/mol. The maximum Gasteiger partial charge on any atom is 0.323 e. The molecule has 8 heteroatoms. The van der Waals surface area contributed by atoms with Gasteiger partial charge in [-0.15, -0.1) is 11.3 Å². The number of thiazole rings is 1. The fourth-order valence-electron chi connectivity index (χ4n) is 2.41. The van der Waals surface area contributed by atoms with Crippen LogP contribution in [0.4, 0.5) is 9.93 Å². The van der Waals surface area contributed by atoms with Crippen molar-refractivity contribution in [2.45, 2.75) is 32.1 Å². The molecule has 2 amide bonds. The summed E-state index contributed by atoms with van der Waals surface area (Å²) in [5.41, 5.74) is 0. The van der Waals surface area contributed by atoms with Gasteiger partial charge in [-0.2, -0.15) is 4.98 Å². The van der Waals surface area contributed by atoms with Gasteiger partial charge in [0, 0.05) is 37.0 Å². The highest BCUT2D eigenvalue weighted by atomic mass is 32.1. The van der Waals surface area contributed by atoms with Crippen LogP contribution in [-0.4, -0.2) is 39.1 Å². The lowest BCUT2D eigenvalue weighted by Crippen LogP contribution is -2.41. The van der Waals surface area contributed by atoms with Gasteiger partial charge in [0.15, 0.2) is 11.0 Å². The maximum absolute atomic E-state index is 12.2. The fourth-order valence-corrected chi connectivity index (χ4v) is 2.92. The van der Waals surface area contributed by atoms with Crippen LogP contribution < -0.4 is 5.32 Å². The van der Waals surface area contributed by atoms with E-state index in [0.717, 1.165) is 25.8 Å². The van der Waals surface area contributed by atoms with E-state index < -0.39 is 0 Å². The second-order valence-electron chi connectivity index (χ2n) is 4.95. The van der Waals surface area contributed by atoms with Gasteiger partial charge in [-0.25, -0.2) is 9.78 Å². The van der Waals surface area contributed by atoms with E-state index in [1.807, 2.05) is 12.3 Å². The van der Waals surface area contributed by atoms with Gasteiger partial charge >= 0.3 is 6.03 Å². The number of hydrogen-bond acceptors (Lipinski definition) is 6. The summed E-state index contributed by atoms with van der Waals surface area (Å²) in [4.78, 5) is 22.4. The SMILES string of the molecule is CCc1nc(C2CCCN(C(=O)Nc3nccs3)C2)no1. The maximum atomic E-state index is 12.2. The molecule has 1 aliphatic heterocycles. The normalized spacial score (nSPS) is 18.7. The van der Waals surface area contributed by atoms with Gasteiger partial charge in [-0.3, -0.25) is 5.32 Å². The third-order valence-corrected chi connectivity index (χ3v) is 4.19. The van der Waals surface area contributed by atoms with Crippen LogP contribution in [0, 0.1) is 0 Å². The molecule has 1 N–H and O–H groups in total. The first kappa shape index (κ1) is 14.0. The lowest BCUT2D eigenvalue weighted by molar-refractivity contribution is 0.190. The molecule has 0 aromatic carbocycles. The second kappa shape index (κ2) is 6.21. The third-order valence-electron chi connectivity index (χ3n) is 3.51. The van der Waals surface area contributed by atoms with Gasteiger partial charge in [-0.1, -0.05) is 12.1 Å². The number of piperidine rings is 1. The lowest BCUT2D eigenvalue weighted by Gasteiger charge is -2.30. The van der Waals surface area contributed by atoms with Crippen LogP contribution in [0.15, 0.2) is 16.1 Å². The van der Waals surface area contributed by atoms with Crippen molar-refractivity contribution in [1.82, 2.24) is 20.0 Å². The Bertz CT molecular complexity index is 597. The molecule has 0 radical (unpaired) electrons. The number of aromatic nitrogens is 3. The molecular formula is C13H17N5O2S. The Hall–Kier alpha value is -1.96. The van der Waals surface area contributed by atoms with E-state index in [9.17, 15) is 4.79 Å². The summed E-state index contributed by atoms with van der Waals surface area (Å²) >= 11 is 1.41. The zero-order valence-corrected chi connectivity index (χ0v) is 12.6. The molecule has 2 aromatic rings. The molecular weight excluding hydrogens is 290 g/mol. The number of hydrogen-bond donors (Lipinski definition) is 1. The minimum absolute atomic E-state index is 0.117. The molecule has 0 aliphatic carbocycles. The number of amides is 2. The van der Waals surface area contributed by atoms with Crippen molar-refractivity contribution in [2.75, 3.05) is 18.4 Å². The van der Waals surface area contributed by atoms with Gasteiger partial charge in [-0.05, 0) is 12.8 Å². The minimum Gasteiger partial charge on any atom is -0.339 e. The molecule has 7 nitrogen and oxygen atoms in total. The molecule has 3 heterocycles. The average Bonchev–Trinajstić information content (AvgIpc) is 3.18. The minimum atomic E-state index is -0.117. The first-order chi connectivity index (χ1) is 10.3. The van der Waals surface area contributed by atoms with Crippen molar-refractivity contribution in [1.29, 1.82) is 0 Å². The highest BCUT2D eigenvalue weighted by Crippen LogP contribution is 2.25. The van der Waals surface area contributed by atoms with Gasteiger partial charge in [0.1, 0.15) is 0 Å². The van der Waals surface area contributed by atoms with Crippen molar-refractivity contribution in [3.63, 3.8) is 0 Å². The van der Waals surface area contributed by atoms with Crippen molar-refractivity contribution in [3.8, 4) is 0 Å². The van der Waals surface area contributed by atoms with E-state index in [1.165, 1.54) is 11.3 Å². The molecule has 0 spiro atoms. The van der Waals surface area contributed by atoms with E-state index >= 15 is 0 Å². The Balaban J connectivity index is 1.63. The van der Waals surface area contributed by atoms with E-state index in [4.69, 9.17) is 4.52 Å². The molecule has 0 saturated carbocycles. The zero-order valence-electron chi connectivity index (χ0n) is 11.8. The quantitative estimate of drug-likeness (QED) is 0.941. The summed E-state index contributed by atoms with van der Waals surface area (Å²) in [5, 5.41) is 9.29. The highest BCUT2D eigenvalue weighted by molar-refractivity contribution is 7.13. The van der Waals surface area contributed by atoms with E-state index in [0.29, 0.717) is 23.4 Å². The lowest BCUT2D eigenvalue weighted by atomic mass is 9.98. The van der Waals surface area contributed by atoms with E-state index in [2.05, 4.69) is 20.4 Å². The number of nitrogens with one attached hydrogen (secondary N) is 1. The largest absolute Gasteiger partial charge is 0.339 e. The smallest absolute Gasteiger partial charge is 0.323 e. The van der Waals surface area contributed by atoms with Crippen LogP contribution in [0.2, 0.25) is 0 Å². The van der Waals surface area contributed by atoms with Crippen molar-refractivity contribution >= 4 is 22.5 Å². The Morgan fingerprint density at radius 2 is 2.52 bits per heavy atom. The van der Waals surface area contributed by atoms with Gasteiger partial charge in [0.2, 0.25) is 5.89 Å². The number of aryl methyl sites for hydroxylation is 1. The molecule has 112 valence electrons. The Morgan fingerprint density at radius 3 is 3.24 bits per heavy atom. The summed E-state index contributed by atoms with van der Waals surface area (Å²) in [7, 11) is 0. The first-order valence-electron chi connectivity index (χ1n) is 7.04. The number of carbonyl (C=O) groups is 1. The summed E-state index contributed by atoms with van der Waals surface area (Å²) < 4.78 is 5.16. The van der Waals surface area contributed by atoms with Crippen molar-refractivity contribution in [2.24, 2.45) is 0 Å². The molecule has 2 aromatic heterocycles. The number of anilines is 1. The Kier molecular flexibility index (Phi) is 4.14. The predicted octanol–water partition coefficient (Wildman–Crippen LogP) is 2.50. The zero-order chi connectivity index (χ0) is 14.7. The highest BCUT2D eigenvalue weighted by Gasteiger charge is 2.28. The van der Waals surface area contributed by atoms with Crippen LogP contribution in [0.1, 0.15) is 37.4 Å². The van der Waals surface area contributed by atoms with Crippen molar-refractivity contribution < 1.29 is 9.32 Å². The van der Waals surface area contributed by atoms with Crippen LogP contribution in [0.25, 0.3) is 0 Å². The topological polar surface area (TPSA) is 84.2 Å². The number of urea groups is 1. The predicted molar refractivity (Wildman–Crippen MR) is 78.4 cm³/mol. The molecule has 1 aliphatic rings. The fraction of sp³-hybridized carbons (Fsp3) is 0.538. The molecule has 1 unspecified atom stereocenters. The summed E-state index contributed by atoms with van der Waals surface area (Å²) in [6.07, 6.45) is 4.31. The van der Waals surface area contributed by atoms with Crippen LogP contribution in [-0.2, 0) is 6.42 Å².